The third kappa shape index (κ3) is 4.69. The Morgan fingerprint density at radius 3 is 2.46 bits per heavy atom. The van der Waals surface area contributed by atoms with Crippen LogP contribution in [0.1, 0.15) is 68.9 Å². The molecule has 9 rings (SSSR count). The number of aryl methyl sites for hydroxylation is 2. The van der Waals surface area contributed by atoms with Crippen molar-refractivity contribution in [3.05, 3.63) is 75.3 Å². The first kappa shape index (κ1) is 33.8. The Bertz CT molecular complexity index is 2270. The molecule has 0 radical (unpaired) electrons. The molecular weight excluding hydrogens is 719 g/mol. The summed E-state index contributed by atoms with van der Waals surface area (Å²) in [4.78, 5) is 62.0. The molecule has 5 aliphatic rings. The van der Waals surface area contributed by atoms with Gasteiger partial charge in [-0.25, -0.2) is 4.90 Å². The second-order valence-electron chi connectivity index (χ2n) is 15.4. The molecule has 268 valence electrons. The van der Waals surface area contributed by atoms with Gasteiger partial charge in [-0.05, 0) is 92.3 Å². The number of fused-ring (bicyclic) bond motifs is 5. The molecule has 6 atom stereocenters. The first-order valence-corrected chi connectivity index (χ1v) is 19.6. The van der Waals surface area contributed by atoms with E-state index in [2.05, 4.69) is 0 Å². The molecule has 4 amide bonds. The molecule has 2 saturated heterocycles. The summed E-state index contributed by atoms with van der Waals surface area (Å²) >= 11 is 14.8. The van der Waals surface area contributed by atoms with Gasteiger partial charge in [0.1, 0.15) is 17.3 Å². The van der Waals surface area contributed by atoms with Crippen molar-refractivity contribution in [3.8, 4) is 16.3 Å². The second kappa shape index (κ2) is 12.0. The van der Waals surface area contributed by atoms with Crippen LogP contribution in [0.4, 0.5) is 5.82 Å². The highest BCUT2D eigenvalue weighted by atomic mass is 35.5. The smallest absolute Gasteiger partial charge is 0.242 e. The van der Waals surface area contributed by atoms with Crippen molar-refractivity contribution in [1.29, 1.82) is 0 Å². The van der Waals surface area contributed by atoms with Gasteiger partial charge in [-0.1, -0.05) is 60.2 Å². The zero-order chi connectivity index (χ0) is 36.4. The van der Waals surface area contributed by atoms with E-state index in [-0.39, 0.29) is 46.9 Å². The number of phenolic OH excluding ortho intramolecular Hbond substituents is 1. The Labute approximate surface area is 315 Å². The number of hydrogen-bond acceptors (Lipinski definition) is 7. The molecule has 2 aliphatic heterocycles. The number of rotatable bonds is 4. The van der Waals surface area contributed by atoms with Crippen molar-refractivity contribution in [1.82, 2.24) is 14.7 Å². The zero-order valence-corrected chi connectivity index (χ0v) is 31.4. The van der Waals surface area contributed by atoms with Crippen LogP contribution in [-0.2, 0) is 26.2 Å². The van der Waals surface area contributed by atoms with Gasteiger partial charge in [0.05, 0.1) is 28.0 Å². The number of hydrogen-bond donors (Lipinski definition) is 1. The number of imide groups is 2. The number of allylic oxidation sites excluding steroid dienone is 2. The van der Waals surface area contributed by atoms with Gasteiger partial charge >= 0.3 is 0 Å². The first-order valence-electron chi connectivity index (χ1n) is 18.1. The number of aromatic nitrogens is 2. The molecule has 4 aromatic rings. The van der Waals surface area contributed by atoms with Crippen molar-refractivity contribution < 1.29 is 24.3 Å². The predicted molar refractivity (Wildman–Crippen MR) is 200 cm³/mol. The predicted octanol–water partition coefficient (Wildman–Crippen LogP) is 8.19. The van der Waals surface area contributed by atoms with Crippen LogP contribution >= 0.6 is 34.5 Å². The standard InChI is InChI=1S/C40H38Cl2N4O5S/c1-19-26-15-20(41)9-14-31(26)52-35(19)30-18-32(44(3)43-30)46-37(49)28-17-27-23(34(40(28,2)39(46)51)24-11-10-22(47)16-29(24)42)12-13-25-33(27)38(50)45(36(25)48)21-7-5-4-6-8-21/h9-12,14-16,18,21,25,27-28,33-34,47H,4-8,13,17H2,1-3H3/t25-,27+,28-,33-,34+,40+/m0/s1. The molecule has 1 N–H and O–H groups in total. The van der Waals surface area contributed by atoms with Crippen LogP contribution in [0.2, 0.25) is 10.0 Å². The van der Waals surface area contributed by atoms with Crippen LogP contribution in [0, 0.1) is 36.0 Å². The molecule has 2 aromatic heterocycles. The number of carbonyl (C=O) groups excluding carboxylic acids is 4. The quantitative estimate of drug-likeness (QED) is 0.166. The molecular formula is C40H38Cl2N4O5S. The molecule has 4 fully saturated rings. The topological polar surface area (TPSA) is 113 Å². The van der Waals surface area contributed by atoms with E-state index in [0.717, 1.165) is 58.2 Å². The van der Waals surface area contributed by atoms with E-state index in [9.17, 15) is 19.5 Å². The number of likely N-dealkylation sites (tertiary alicyclic amines) is 1. The third-order valence-corrected chi connectivity index (χ3v) is 14.6. The largest absolute Gasteiger partial charge is 0.508 e. The number of amides is 4. The van der Waals surface area contributed by atoms with Crippen molar-refractivity contribution in [2.45, 2.75) is 70.8 Å². The number of anilines is 1. The molecule has 0 unspecified atom stereocenters. The fourth-order valence-corrected chi connectivity index (χ4v) is 11.9. The van der Waals surface area contributed by atoms with Crippen molar-refractivity contribution >= 4 is 74.1 Å². The van der Waals surface area contributed by atoms with E-state index >= 15 is 4.79 Å². The number of thiophene rings is 1. The minimum Gasteiger partial charge on any atom is -0.508 e. The van der Waals surface area contributed by atoms with E-state index in [4.69, 9.17) is 28.3 Å². The molecule has 2 saturated carbocycles. The van der Waals surface area contributed by atoms with Gasteiger partial charge in [-0.3, -0.25) is 28.8 Å². The molecule has 52 heavy (non-hydrogen) atoms. The summed E-state index contributed by atoms with van der Waals surface area (Å²) in [5.74, 6) is -3.64. The number of halogens is 2. The van der Waals surface area contributed by atoms with Crippen LogP contribution < -0.4 is 4.90 Å². The average Bonchev–Trinajstić information content (AvgIpc) is 3.79. The highest BCUT2D eigenvalue weighted by Crippen LogP contribution is 2.64. The van der Waals surface area contributed by atoms with Gasteiger partial charge in [0.25, 0.3) is 0 Å². The van der Waals surface area contributed by atoms with Crippen LogP contribution in [0.15, 0.2) is 54.1 Å². The summed E-state index contributed by atoms with van der Waals surface area (Å²) in [6, 6.07) is 12.2. The minimum atomic E-state index is -1.27. The van der Waals surface area contributed by atoms with Gasteiger partial charge < -0.3 is 5.11 Å². The Balaban J connectivity index is 1.15. The number of aromatic hydroxyl groups is 1. The van der Waals surface area contributed by atoms with E-state index in [1.807, 2.05) is 38.1 Å². The Morgan fingerprint density at radius 1 is 0.942 bits per heavy atom. The maximum Gasteiger partial charge on any atom is 0.242 e. The molecule has 12 heteroatoms. The fourth-order valence-electron chi connectivity index (χ4n) is 10.3. The van der Waals surface area contributed by atoms with Crippen LogP contribution in [0.25, 0.3) is 20.7 Å². The zero-order valence-electron chi connectivity index (χ0n) is 29.1. The van der Waals surface area contributed by atoms with Crippen LogP contribution in [0.5, 0.6) is 5.75 Å². The van der Waals surface area contributed by atoms with Gasteiger partial charge in [0.15, 0.2) is 0 Å². The first-order chi connectivity index (χ1) is 24.9. The van der Waals surface area contributed by atoms with Crippen LogP contribution in [0.3, 0.4) is 0 Å². The summed E-state index contributed by atoms with van der Waals surface area (Å²) in [6.45, 7) is 3.85. The normalized spacial score (nSPS) is 29.2. The lowest BCUT2D eigenvalue weighted by Crippen LogP contribution is -2.49. The van der Waals surface area contributed by atoms with Crippen molar-refractivity contribution in [3.63, 3.8) is 0 Å². The maximum atomic E-state index is 15.1. The van der Waals surface area contributed by atoms with E-state index in [0.29, 0.717) is 28.5 Å². The molecule has 3 aliphatic carbocycles. The lowest BCUT2D eigenvalue weighted by Gasteiger charge is -2.49. The lowest BCUT2D eigenvalue weighted by molar-refractivity contribution is -0.144. The molecule has 0 spiro atoms. The Hall–Kier alpha value is -3.99. The number of benzene rings is 2. The molecule has 0 bridgehead atoms. The monoisotopic (exact) mass is 756 g/mol. The minimum absolute atomic E-state index is 0.0168. The van der Waals surface area contributed by atoms with E-state index in [1.165, 1.54) is 17.0 Å². The van der Waals surface area contributed by atoms with E-state index in [1.54, 1.807) is 40.1 Å². The maximum absolute atomic E-state index is 15.1. The van der Waals surface area contributed by atoms with E-state index < -0.39 is 35.0 Å². The molecule has 2 aromatic carbocycles. The highest BCUT2D eigenvalue weighted by Gasteiger charge is 2.68. The lowest BCUT2D eigenvalue weighted by atomic mass is 9.51. The van der Waals surface area contributed by atoms with Gasteiger partial charge in [-0.2, -0.15) is 5.10 Å². The third-order valence-electron chi connectivity index (χ3n) is 12.8. The van der Waals surface area contributed by atoms with Gasteiger partial charge in [-0.15, -0.1) is 11.3 Å². The molecule has 9 nitrogen and oxygen atoms in total. The summed E-state index contributed by atoms with van der Waals surface area (Å²) in [6.07, 6.45) is 7.40. The summed E-state index contributed by atoms with van der Waals surface area (Å²) in [5.41, 5.74) is 1.86. The van der Waals surface area contributed by atoms with Crippen LogP contribution in [-0.4, -0.2) is 49.5 Å². The fraction of sp³-hybridized carbons (Fsp3) is 0.425. The highest BCUT2D eigenvalue weighted by molar-refractivity contribution is 7.22. The second-order valence-corrected chi connectivity index (χ2v) is 17.3. The van der Waals surface area contributed by atoms with Crippen molar-refractivity contribution in [2.24, 2.45) is 36.1 Å². The summed E-state index contributed by atoms with van der Waals surface area (Å²) < 4.78 is 2.63. The number of phenols is 1. The number of carbonyl (C=O) groups is 4. The van der Waals surface area contributed by atoms with Gasteiger partial charge in [0.2, 0.25) is 23.6 Å². The Kier molecular flexibility index (Phi) is 7.81. The number of nitrogens with zero attached hydrogens (tertiary/aromatic N) is 4. The molecule has 4 heterocycles. The Morgan fingerprint density at radius 2 is 1.71 bits per heavy atom. The average molecular weight is 758 g/mol. The summed E-state index contributed by atoms with van der Waals surface area (Å²) in [5, 5.41) is 17.1. The van der Waals surface area contributed by atoms with Crippen molar-refractivity contribution in [2.75, 3.05) is 4.90 Å². The van der Waals surface area contributed by atoms with Gasteiger partial charge in [0, 0.05) is 39.8 Å². The summed E-state index contributed by atoms with van der Waals surface area (Å²) in [7, 11) is 1.73. The SMILES string of the molecule is Cc1c(-c2cc(N3C(=O)[C@@H]4C[C@@H]5C(=CC[C@@H]6C(=O)N(C7CCCCC7)C(=O)[C@@H]65)[C@H](c5ccc(O)cc5Cl)[C@]4(C)C3=O)n(C)n2)sc2ccc(Cl)cc12.